The Kier molecular flexibility index (Phi) is 16.8. The predicted molar refractivity (Wildman–Crippen MR) is 147 cm³/mol. The smallest absolute Gasteiger partial charge is 0.191 e. The van der Waals surface area contributed by atoms with Crippen molar-refractivity contribution >= 4 is 29.9 Å². The van der Waals surface area contributed by atoms with Gasteiger partial charge in [0.2, 0.25) is 0 Å². The van der Waals surface area contributed by atoms with Gasteiger partial charge in [-0.25, -0.2) is 4.99 Å². The Labute approximate surface area is 218 Å². The zero-order valence-corrected chi connectivity index (χ0v) is 23.3. The van der Waals surface area contributed by atoms with Crippen molar-refractivity contribution in [3.63, 3.8) is 0 Å². The lowest BCUT2D eigenvalue weighted by Crippen LogP contribution is -2.44. The molecule has 8 heteroatoms. The number of aliphatic imine (C=N–C) groups is 1. The number of morpholine rings is 1. The van der Waals surface area contributed by atoms with Gasteiger partial charge in [0.25, 0.3) is 0 Å². The van der Waals surface area contributed by atoms with E-state index in [1.165, 1.54) is 11.1 Å². The Morgan fingerprint density at radius 3 is 2.24 bits per heavy atom. The molecule has 2 unspecified atom stereocenters. The van der Waals surface area contributed by atoms with Crippen molar-refractivity contribution in [2.24, 2.45) is 4.99 Å². The SMILES string of the molecule is CCCCOCCOCCNC(=NCc1ccc(CN2CC(C)OC(C)C2)cc1)NCC.I. The fourth-order valence-corrected chi connectivity index (χ4v) is 3.74. The quantitative estimate of drug-likeness (QED) is 0.152. The van der Waals surface area contributed by atoms with Gasteiger partial charge in [-0.3, -0.25) is 4.90 Å². The second-order valence-electron chi connectivity index (χ2n) is 8.47. The Morgan fingerprint density at radius 2 is 1.61 bits per heavy atom. The number of halogens is 1. The van der Waals surface area contributed by atoms with Gasteiger partial charge >= 0.3 is 0 Å². The minimum Gasteiger partial charge on any atom is -0.379 e. The van der Waals surface area contributed by atoms with Crippen molar-refractivity contribution in [2.45, 2.75) is 65.8 Å². The summed E-state index contributed by atoms with van der Waals surface area (Å²) in [7, 11) is 0. The Morgan fingerprint density at radius 1 is 0.970 bits per heavy atom. The molecular weight excluding hydrogens is 531 g/mol. The zero-order valence-electron chi connectivity index (χ0n) is 21.0. The number of hydrogen-bond acceptors (Lipinski definition) is 5. The molecule has 0 bridgehead atoms. The van der Waals surface area contributed by atoms with Crippen LogP contribution in [0.2, 0.25) is 0 Å². The van der Waals surface area contributed by atoms with Crippen LogP contribution in [0.5, 0.6) is 0 Å². The number of nitrogens with zero attached hydrogens (tertiary/aromatic N) is 2. The third-order valence-electron chi connectivity index (χ3n) is 5.24. The molecule has 0 spiro atoms. The van der Waals surface area contributed by atoms with Gasteiger partial charge in [0.1, 0.15) is 0 Å². The molecule has 33 heavy (non-hydrogen) atoms. The maximum absolute atomic E-state index is 5.83. The van der Waals surface area contributed by atoms with Gasteiger partial charge in [0.05, 0.1) is 38.6 Å². The molecule has 0 aliphatic carbocycles. The molecule has 2 atom stereocenters. The Bertz CT molecular complexity index is 635. The molecule has 1 aliphatic rings. The number of nitrogens with one attached hydrogen (secondary N) is 2. The molecule has 1 heterocycles. The van der Waals surface area contributed by atoms with Crippen molar-refractivity contribution in [3.05, 3.63) is 35.4 Å². The van der Waals surface area contributed by atoms with Gasteiger partial charge in [0.15, 0.2) is 5.96 Å². The van der Waals surface area contributed by atoms with Gasteiger partial charge < -0.3 is 24.8 Å². The number of benzene rings is 1. The topological polar surface area (TPSA) is 67.4 Å². The van der Waals surface area contributed by atoms with Crippen molar-refractivity contribution in [1.82, 2.24) is 15.5 Å². The highest BCUT2D eigenvalue weighted by Gasteiger charge is 2.21. The molecule has 2 N–H and O–H groups in total. The largest absolute Gasteiger partial charge is 0.379 e. The lowest BCUT2D eigenvalue weighted by atomic mass is 10.1. The van der Waals surface area contributed by atoms with Gasteiger partial charge in [-0.05, 0) is 38.3 Å². The molecule has 1 saturated heterocycles. The lowest BCUT2D eigenvalue weighted by Gasteiger charge is -2.35. The van der Waals surface area contributed by atoms with Crippen LogP contribution in [-0.2, 0) is 27.3 Å². The summed E-state index contributed by atoms with van der Waals surface area (Å²) in [5.41, 5.74) is 2.54. The number of hydrogen-bond donors (Lipinski definition) is 2. The molecule has 1 aromatic rings. The van der Waals surface area contributed by atoms with Crippen LogP contribution >= 0.6 is 24.0 Å². The van der Waals surface area contributed by atoms with E-state index < -0.39 is 0 Å². The van der Waals surface area contributed by atoms with E-state index in [1.807, 2.05) is 0 Å². The second-order valence-corrected chi connectivity index (χ2v) is 8.47. The molecule has 0 radical (unpaired) electrons. The summed E-state index contributed by atoms with van der Waals surface area (Å²) in [5.74, 6) is 0.815. The highest BCUT2D eigenvalue weighted by Crippen LogP contribution is 2.15. The number of guanidine groups is 1. The molecular formula is C25H45IN4O3. The Balaban J connectivity index is 0.00000544. The van der Waals surface area contributed by atoms with Crippen molar-refractivity contribution < 1.29 is 14.2 Å². The molecule has 1 aromatic carbocycles. The summed E-state index contributed by atoms with van der Waals surface area (Å²) in [6.07, 6.45) is 2.87. The van der Waals surface area contributed by atoms with E-state index in [4.69, 9.17) is 19.2 Å². The van der Waals surface area contributed by atoms with Crippen molar-refractivity contribution in [3.8, 4) is 0 Å². The monoisotopic (exact) mass is 576 g/mol. The first-order valence-electron chi connectivity index (χ1n) is 12.2. The second kappa shape index (κ2) is 18.4. The summed E-state index contributed by atoms with van der Waals surface area (Å²) in [4.78, 5) is 7.17. The first kappa shape index (κ1) is 30.1. The minimum atomic E-state index is 0. The molecule has 0 aromatic heterocycles. The molecule has 0 saturated carbocycles. The summed E-state index contributed by atoms with van der Waals surface area (Å²) >= 11 is 0. The van der Waals surface area contributed by atoms with Crippen LogP contribution in [0.25, 0.3) is 0 Å². The maximum Gasteiger partial charge on any atom is 0.191 e. The first-order chi connectivity index (χ1) is 15.6. The number of rotatable bonds is 14. The third kappa shape index (κ3) is 13.5. The average Bonchev–Trinajstić information content (AvgIpc) is 2.76. The van der Waals surface area contributed by atoms with Gasteiger partial charge in [-0.1, -0.05) is 37.6 Å². The molecule has 7 nitrogen and oxygen atoms in total. The molecule has 190 valence electrons. The number of unbranched alkanes of at least 4 members (excludes halogenated alkanes) is 1. The van der Waals surface area contributed by atoms with Crippen LogP contribution in [-0.4, -0.2) is 75.7 Å². The van der Waals surface area contributed by atoms with Crippen LogP contribution in [0, 0.1) is 0 Å². The zero-order chi connectivity index (χ0) is 23.0. The van der Waals surface area contributed by atoms with E-state index in [2.05, 4.69) is 67.5 Å². The van der Waals surface area contributed by atoms with Crippen molar-refractivity contribution in [2.75, 3.05) is 52.6 Å². The molecule has 1 fully saturated rings. The van der Waals surface area contributed by atoms with Crippen LogP contribution in [0.3, 0.4) is 0 Å². The van der Waals surface area contributed by atoms with Crippen molar-refractivity contribution in [1.29, 1.82) is 0 Å². The van der Waals surface area contributed by atoms with Crippen LogP contribution in [0.15, 0.2) is 29.3 Å². The van der Waals surface area contributed by atoms with Gasteiger partial charge in [-0.2, -0.15) is 0 Å². The highest BCUT2D eigenvalue weighted by molar-refractivity contribution is 14.0. The normalized spacial score (nSPS) is 19.2. The number of ether oxygens (including phenoxy) is 3. The maximum atomic E-state index is 5.83. The van der Waals surface area contributed by atoms with E-state index in [1.54, 1.807) is 0 Å². The van der Waals surface area contributed by atoms with E-state index in [0.717, 1.165) is 58.1 Å². The Hall–Kier alpha value is -0.940. The van der Waals surface area contributed by atoms with E-state index in [-0.39, 0.29) is 24.0 Å². The summed E-state index contributed by atoms with van der Waals surface area (Å²) in [6, 6.07) is 8.79. The fraction of sp³-hybridized carbons (Fsp3) is 0.720. The average molecular weight is 577 g/mol. The lowest BCUT2D eigenvalue weighted by molar-refractivity contribution is -0.0704. The first-order valence-corrected chi connectivity index (χ1v) is 12.2. The summed E-state index contributed by atoms with van der Waals surface area (Å²) in [6.45, 7) is 16.4. The fourth-order valence-electron chi connectivity index (χ4n) is 3.74. The third-order valence-corrected chi connectivity index (χ3v) is 5.24. The van der Waals surface area contributed by atoms with Gasteiger partial charge in [-0.15, -0.1) is 24.0 Å². The standard InChI is InChI=1S/C25H44N4O3.HI/c1-5-7-13-30-15-16-31-14-12-27-25(26-6-2)28-17-23-8-10-24(11-9-23)20-29-18-21(3)32-22(4)19-29;/h8-11,21-22H,5-7,12-20H2,1-4H3,(H2,26,27,28);1H. The predicted octanol–water partition coefficient (Wildman–Crippen LogP) is 3.80. The summed E-state index contributed by atoms with van der Waals surface area (Å²) in [5, 5.41) is 6.62. The van der Waals surface area contributed by atoms with Crippen LogP contribution < -0.4 is 10.6 Å². The van der Waals surface area contributed by atoms with E-state index >= 15 is 0 Å². The molecule has 2 rings (SSSR count). The molecule has 0 amide bonds. The van der Waals surface area contributed by atoms with Gasteiger partial charge in [0, 0.05) is 39.3 Å². The molecule has 1 aliphatic heterocycles. The van der Waals surface area contributed by atoms with Crippen LogP contribution in [0.4, 0.5) is 0 Å². The van der Waals surface area contributed by atoms with E-state index in [9.17, 15) is 0 Å². The van der Waals surface area contributed by atoms with E-state index in [0.29, 0.717) is 38.6 Å². The minimum absolute atomic E-state index is 0. The highest BCUT2D eigenvalue weighted by atomic mass is 127. The van der Waals surface area contributed by atoms with Crippen LogP contribution in [0.1, 0.15) is 51.7 Å². The summed E-state index contributed by atoms with van der Waals surface area (Å²) < 4.78 is 16.9.